The van der Waals surface area contributed by atoms with Gasteiger partial charge >= 0.3 is 0 Å². The highest BCUT2D eigenvalue weighted by atomic mass is 35.5. The molecule has 0 aliphatic carbocycles. The normalized spacial score (nSPS) is 23.6. The number of rotatable bonds is 9. The molecule has 1 aromatic rings. The van der Waals surface area contributed by atoms with E-state index in [-0.39, 0.29) is 18.3 Å². The van der Waals surface area contributed by atoms with Crippen LogP contribution in [0, 0.1) is 12.8 Å². The summed E-state index contributed by atoms with van der Waals surface area (Å²) in [4.78, 5) is 12.4. The molecule has 2 aliphatic rings. The third-order valence-corrected chi connectivity index (χ3v) is 5.43. The maximum Gasteiger partial charge on any atom is 0.220 e. The van der Waals surface area contributed by atoms with Crippen LogP contribution in [-0.2, 0) is 16.1 Å². The fourth-order valence-electron chi connectivity index (χ4n) is 4.17. The lowest BCUT2D eigenvalue weighted by Crippen LogP contribution is -2.39. The molecule has 0 spiro atoms. The van der Waals surface area contributed by atoms with Crippen molar-refractivity contribution >= 4 is 18.3 Å². The lowest BCUT2D eigenvalue weighted by Gasteiger charge is -2.28. The van der Waals surface area contributed by atoms with Crippen LogP contribution in [-0.4, -0.2) is 37.8 Å². The zero-order valence-corrected chi connectivity index (χ0v) is 17.3. The summed E-state index contributed by atoms with van der Waals surface area (Å²) in [6.45, 7) is 6.33. The van der Waals surface area contributed by atoms with Gasteiger partial charge < -0.3 is 20.1 Å². The molecule has 2 saturated heterocycles. The molecule has 0 aromatic heterocycles. The first kappa shape index (κ1) is 22.0. The van der Waals surface area contributed by atoms with Gasteiger partial charge in [0.2, 0.25) is 5.91 Å². The number of benzene rings is 1. The number of aryl methyl sites for hydroxylation is 1. The maximum absolute atomic E-state index is 12.4. The number of piperidine rings is 1. The van der Waals surface area contributed by atoms with Crippen molar-refractivity contribution in [3.8, 4) is 5.75 Å². The van der Waals surface area contributed by atoms with E-state index in [1.807, 2.05) is 26.0 Å². The van der Waals surface area contributed by atoms with Crippen LogP contribution in [0.5, 0.6) is 5.75 Å². The molecule has 6 heteroatoms. The van der Waals surface area contributed by atoms with Gasteiger partial charge in [-0.3, -0.25) is 4.79 Å². The predicted octanol–water partition coefficient (Wildman–Crippen LogP) is 3.37. The second kappa shape index (κ2) is 10.9. The first-order chi connectivity index (χ1) is 12.6. The van der Waals surface area contributed by atoms with Gasteiger partial charge in [-0.05, 0) is 57.1 Å². The second-order valence-electron chi connectivity index (χ2n) is 7.61. The van der Waals surface area contributed by atoms with E-state index >= 15 is 0 Å². The third-order valence-electron chi connectivity index (χ3n) is 5.43. The van der Waals surface area contributed by atoms with E-state index in [9.17, 15) is 4.79 Å². The Morgan fingerprint density at radius 3 is 2.67 bits per heavy atom. The molecule has 27 heavy (non-hydrogen) atoms. The molecular weight excluding hydrogens is 364 g/mol. The van der Waals surface area contributed by atoms with Gasteiger partial charge in [-0.25, -0.2) is 0 Å². The fourth-order valence-corrected chi connectivity index (χ4v) is 4.17. The van der Waals surface area contributed by atoms with Crippen LogP contribution in [0.4, 0.5) is 0 Å². The molecular formula is C21H33ClN2O3. The molecule has 0 radical (unpaired) electrons. The number of amides is 1. The Bertz CT molecular complexity index is 599. The Morgan fingerprint density at radius 1 is 1.22 bits per heavy atom. The molecule has 2 fully saturated rings. The molecule has 0 saturated carbocycles. The van der Waals surface area contributed by atoms with E-state index in [1.165, 1.54) is 12.8 Å². The first-order valence-corrected chi connectivity index (χ1v) is 9.97. The highest BCUT2D eigenvalue weighted by molar-refractivity contribution is 5.85. The molecule has 2 unspecified atom stereocenters. The van der Waals surface area contributed by atoms with E-state index in [0.717, 1.165) is 29.7 Å². The van der Waals surface area contributed by atoms with Crippen molar-refractivity contribution in [3.63, 3.8) is 0 Å². The molecule has 3 rings (SSSR count). The topological polar surface area (TPSA) is 59.6 Å². The van der Waals surface area contributed by atoms with Crippen LogP contribution < -0.4 is 15.4 Å². The minimum atomic E-state index is 0. The van der Waals surface area contributed by atoms with Crippen molar-refractivity contribution in [2.45, 2.75) is 64.6 Å². The van der Waals surface area contributed by atoms with Crippen LogP contribution in [0.3, 0.4) is 0 Å². The highest BCUT2D eigenvalue weighted by Crippen LogP contribution is 2.32. The van der Waals surface area contributed by atoms with Gasteiger partial charge in [-0.15, -0.1) is 12.4 Å². The number of hydrogen-bond donors (Lipinski definition) is 2. The molecule has 2 aliphatic heterocycles. The minimum absolute atomic E-state index is 0. The van der Waals surface area contributed by atoms with Crippen LogP contribution in [0.2, 0.25) is 0 Å². The maximum atomic E-state index is 12.4. The summed E-state index contributed by atoms with van der Waals surface area (Å²) in [6.07, 6.45) is 5.46. The molecule has 2 atom stereocenters. The summed E-state index contributed by atoms with van der Waals surface area (Å²) >= 11 is 0. The summed E-state index contributed by atoms with van der Waals surface area (Å²) in [5.74, 6) is 1.51. The summed E-state index contributed by atoms with van der Waals surface area (Å²) in [5, 5.41) is 6.72. The van der Waals surface area contributed by atoms with E-state index in [1.54, 1.807) is 0 Å². The van der Waals surface area contributed by atoms with Gasteiger partial charge in [0.1, 0.15) is 12.4 Å². The smallest absolute Gasteiger partial charge is 0.220 e. The summed E-state index contributed by atoms with van der Waals surface area (Å²) in [7, 11) is 0. The quantitative estimate of drug-likeness (QED) is 0.628. The van der Waals surface area contributed by atoms with Gasteiger partial charge in [-0.1, -0.05) is 12.1 Å². The Labute approximate surface area is 169 Å². The molecule has 2 heterocycles. The average Bonchev–Trinajstić information content (AvgIpc) is 2.96. The van der Waals surface area contributed by atoms with Crippen LogP contribution >= 0.6 is 12.4 Å². The van der Waals surface area contributed by atoms with Gasteiger partial charge in [-0.2, -0.15) is 0 Å². The molecule has 5 nitrogen and oxygen atoms in total. The Morgan fingerprint density at radius 2 is 1.96 bits per heavy atom. The summed E-state index contributed by atoms with van der Waals surface area (Å²) in [5.41, 5.74) is 2.17. The Kier molecular flexibility index (Phi) is 8.87. The number of ether oxygens (including phenoxy) is 2. The van der Waals surface area contributed by atoms with Crippen molar-refractivity contribution in [2.75, 3.05) is 19.8 Å². The lowest BCUT2D eigenvalue weighted by molar-refractivity contribution is -0.122. The van der Waals surface area contributed by atoms with Gasteiger partial charge in [0.15, 0.2) is 0 Å². The number of fused-ring (bicyclic) bond motifs is 2. The number of hydrogen-bond acceptors (Lipinski definition) is 4. The van der Waals surface area contributed by atoms with E-state index < -0.39 is 0 Å². The fraction of sp³-hybridized carbons (Fsp3) is 0.667. The monoisotopic (exact) mass is 396 g/mol. The van der Waals surface area contributed by atoms with Crippen LogP contribution in [0.1, 0.15) is 50.2 Å². The molecule has 1 amide bonds. The van der Waals surface area contributed by atoms with Crippen molar-refractivity contribution in [1.82, 2.24) is 10.6 Å². The van der Waals surface area contributed by atoms with E-state index in [0.29, 0.717) is 50.8 Å². The van der Waals surface area contributed by atoms with Crippen molar-refractivity contribution in [1.29, 1.82) is 0 Å². The average molecular weight is 397 g/mol. The number of halogens is 1. The first-order valence-electron chi connectivity index (χ1n) is 9.97. The second-order valence-corrected chi connectivity index (χ2v) is 7.61. The molecule has 2 N–H and O–H groups in total. The summed E-state index contributed by atoms with van der Waals surface area (Å²) in [6, 6.07) is 7.39. The lowest BCUT2D eigenvalue weighted by atomic mass is 9.89. The van der Waals surface area contributed by atoms with Crippen LogP contribution in [0.25, 0.3) is 0 Å². The number of carbonyl (C=O) groups excluding carboxylic acids is 1. The predicted molar refractivity (Wildman–Crippen MR) is 110 cm³/mol. The van der Waals surface area contributed by atoms with Crippen molar-refractivity contribution < 1.29 is 14.3 Å². The van der Waals surface area contributed by atoms with Gasteiger partial charge in [0.05, 0.1) is 6.61 Å². The number of nitrogens with one attached hydrogen (secondary N) is 2. The molecule has 2 bridgehead atoms. The minimum Gasteiger partial charge on any atom is -0.491 e. The highest BCUT2D eigenvalue weighted by Gasteiger charge is 2.34. The van der Waals surface area contributed by atoms with E-state index in [4.69, 9.17) is 9.47 Å². The van der Waals surface area contributed by atoms with Gasteiger partial charge in [0, 0.05) is 37.2 Å². The summed E-state index contributed by atoms with van der Waals surface area (Å²) < 4.78 is 11.2. The number of carbonyl (C=O) groups is 1. The van der Waals surface area contributed by atoms with E-state index in [2.05, 4.69) is 16.7 Å². The molecule has 152 valence electrons. The van der Waals surface area contributed by atoms with Crippen molar-refractivity contribution in [3.05, 3.63) is 29.3 Å². The Balaban J connectivity index is 0.00000261. The SMILES string of the molecule is CCOCCOc1cc(C)ccc1CNC(=O)CC1CC2CCC(C1)N2.Cl. The van der Waals surface area contributed by atoms with Gasteiger partial charge in [0.25, 0.3) is 0 Å². The molecule has 1 aromatic carbocycles. The Hall–Kier alpha value is -1.30. The zero-order chi connectivity index (χ0) is 18.4. The third kappa shape index (κ3) is 6.66. The largest absolute Gasteiger partial charge is 0.491 e. The zero-order valence-electron chi connectivity index (χ0n) is 16.5. The van der Waals surface area contributed by atoms with Crippen LogP contribution in [0.15, 0.2) is 18.2 Å². The van der Waals surface area contributed by atoms with Crippen molar-refractivity contribution in [2.24, 2.45) is 5.92 Å². The standard InChI is InChI=1S/C21H32N2O3.ClH/c1-3-25-8-9-26-20-10-15(2)4-5-17(20)14-22-21(24)13-16-11-18-6-7-19(12-16)23-18;/h4-5,10,16,18-19,23H,3,6-9,11-14H2,1-2H3,(H,22,24);1H.